The smallest absolute Gasteiger partial charge is 0.248 e. The largest absolute Gasteiger partial charge is 0.366 e. The van der Waals surface area contributed by atoms with Crippen LogP contribution in [0.5, 0.6) is 0 Å². The number of fused-ring (bicyclic) bond motifs is 1. The van der Waals surface area contributed by atoms with Crippen molar-refractivity contribution in [3.05, 3.63) is 71.4 Å². The maximum absolute atomic E-state index is 11.2. The molecule has 3 aromatic rings. The van der Waals surface area contributed by atoms with E-state index in [-0.39, 0.29) is 0 Å². The topological polar surface area (TPSA) is 71.8 Å². The van der Waals surface area contributed by atoms with Crippen molar-refractivity contribution in [2.24, 2.45) is 5.73 Å². The van der Waals surface area contributed by atoms with Crippen LogP contribution in [-0.4, -0.2) is 10.5 Å². The van der Waals surface area contributed by atoms with Crippen molar-refractivity contribution >= 4 is 16.8 Å². The van der Waals surface area contributed by atoms with Crippen LogP contribution >= 0.6 is 0 Å². The van der Waals surface area contributed by atoms with Crippen LogP contribution in [0.3, 0.4) is 0 Å². The van der Waals surface area contributed by atoms with Crippen LogP contribution in [0, 0.1) is 11.3 Å². The second-order valence-corrected chi connectivity index (χ2v) is 4.89. The zero-order valence-corrected chi connectivity index (χ0v) is 11.3. The Labute approximate surface area is 122 Å². The molecule has 0 aliphatic rings. The van der Waals surface area contributed by atoms with Crippen LogP contribution in [0.4, 0.5) is 0 Å². The highest BCUT2D eigenvalue weighted by Crippen LogP contribution is 2.19. The van der Waals surface area contributed by atoms with E-state index in [2.05, 4.69) is 10.6 Å². The minimum absolute atomic E-state index is 0.430. The summed E-state index contributed by atoms with van der Waals surface area (Å²) in [6.07, 6.45) is 1.97. The third-order valence-corrected chi connectivity index (χ3v) is 3.47. The van der Waals surface area contributed by atoms with Gasteiger partial charge in [0.15, 0.2) is 0 Å². The number of carbonyl (C=O) groups is 1. The molecule has 0 saturated carbocycles. The number of nitrogens with zero attached hydrogens (tertiary/aromatic N) is 2. The van der Waals surface area contributed by atoms with Gasteiger partial charge in [0.05, 0.1) is 11.6 Å². The lowest BCUT2D eigenvalue weighted by Gasteiger charge is -2.07. The van der Waals surface area contributed by atoms with Gasteiger partial charge in [-0.15, -0.1) is 0 Å². The Hall–Kier alpha value is -3.06. The van der Waals surface area contributed by atoms with E-state index in [0.717, 1.165) is 16.5 Å². The Morgan fingerprint density at radius 3 is 2.81 bits per heavy atom. The van der Waals surface area contributed by atoms with Crippen molar-refractivity contribution in [2.75, 3.05) is 0 Å². The number of carbonyl (C=O) groups excluding carboxylic acids is 1. The number of amides is 1. The van der Waals surface area contributed by atoms with Gasteiger partial charge in [0.25, 0.3) is 0 Å². The van der Waals surface area contributed by atoms with E-state index in [1.54, 1.807) is 18.2 Å². The quantitative estimate of drug-likeness (QED) is 0.798. The fourth-order valence-corrected chi connectivity index (χ4v) is 2.41. The van der Waals surface area contributed by atoms with Crippen molar-refractivity contribution in [1.82, 2.24) is 4.57 Å². The summed E-state index contributed by atoms with van der Waals surface area (Å²) >= 11 is 0. The van der Waals surface area contributed by atoms with Gasteiger partial charge >= 0.3 is 0 Å². The molecule has 2 aromatic carbocycles. The molecule has 1 heterocycles. The lowest BCUT2D eigenvalue weighted by molar-refractivity contribution is 0.1000. The molecule has 102 valence electrons. The van der Waals surface area contributed by atoms with E-state index in [0.29, 0.717) is 17.7 Å². The normalized spacial score (nSPS) is 10.4. The van der Waals surface area contributed by atoms with E-state index in [4.69, 9.17) is 11.0 Å². The van der Waals surface area contributed by atoms with E-state index in [9.17, 15) is 4.79 Å². The first-order valence-corrected chi connectivity index (χ1v) is 6.55. The number of hydrogen-bond acceptors (Lipinski definition) is 2. The van der Waals surface area contributed by atoms with Gasteiger partial charge in [-0.3, -0.25) is 4.79 Å². The SMILES string of the molecule is N#Cc1ccc2ccn(Cc3cccc(C(N)=O)c3)c2c1. The second-order valence-electron chi connectivity index (χ2n) is 4.89. The first kappa shape index (κ1) is 12.9. The predicted octanol–water partition coefficient (Wildman–Crippen LogP) is 2.66. The number of benzene rings is 2. The molecule has 0 saturated heterocycles. The molecule has 0 atom stereocenters. The number of nitriles is 1. The van der Waals surface area contributed by atoms with Crippen LogP contribution in [-0.2, 0) is 6.54 Å². The molecule has 0 aliphatic heterocycles. The summed E-state index contributed by atoms with van der Waals surface area (Å²) in [5.74, 6) is -0.430. The van der Waals surface area contributed by atoms with Crippen LogP contribution in [0.15, 0.2) is 54.7 Å². The lowest BCUT2D eigenvalue weighted by Crippen LogP contribution is -2.11. The van der Waals surface area contributed by atoms with Gasteiger partial charge in [-0.2, -0.15) is 5.26 Å². The molecular weight excluding hydrogens is 262 g/mol. The molecular formula is C17H13N3O. The van der Waals surface area contributed by atoms with Gasteiger partial charge in [0.2, 0.25) is 5.91 Å². The molecule has 0 aliphatic carbocycles. The molecule has 4 heteroatoms. The summed E-state index contributed by atoms with van der Waals surface area (Å²) in [4.78, 5) is 11.2. The second kappa shape index (κ2) is 5.14. The summed E-state index contributed by atoms with van der Waals surface area (Å²) < 4.78 is 2.05. The molecule has 2 N–H and O–H groups in total. The number of rotatable bonds is 3. The Balaban J connectivity index is 2.00. The standard InChI is InChI=1S/C17H13N3O/c18-10-12-4-5-14-6-7-20(16(14)9-12)11-13-2-1-3-15(8-13)17(19)21/h1-9H,11H2,(H2,19,21). The Morgan fingerprint density at radius 1 is 1.19 bits per heavy atom. The minimum atomic E-state index is -0.430. The molecule has 0 bridgehead atoms. The summed E-state index contributed by atoms with van der Waals surface area (Å²) in [5, 5.41) is 10.1. The predicted molar refractivity (Wildman–Crippen MR) is 80.7 cm³/mol. The fraction of sp³-hybridized carbons (Fsp3) is 0.0588. The summed E-state index contributed by atoms with van der Waals surface area (Å²) in [6.45, 7) is 0.625. The van der Waals surface area contributed by atoms with Gasteiger partial charge in [0, 0.05) is 23.8 Å². The highest BCUT2D eigenvalue weighted by Gasteiger charge is 2.05. The molecule has 21 heavy (non-hydrogen) atoms. The third kappa shape index (κ3) is 2.49. The average Bonchev–Trinajstić information content (AvgIpc) is 2.89. The van der Waals surface area contributed by atoms with E-state index in [1.807, 2.05) is 36.5 Å². The van der Waals surface area contributed by atoms with Crippen molar-refractivity contribution in [1.29, 1.82) is 5.26 Å². The number of aromatic nitrogens is 1. The van der Waals surface area contributed by atoms with E-state index < -0.39 is 5.91 Å². The highest BCUT2D eigenvalue weighted by atomic mass is 16.1. The Kier molecular flexibility index (Phi) is 3.17. The Bertz CT molecular complexity index is 871. The number of nitrogens with two attached hydrogens (primary N) is 1. The van der Waals surface area contributed by atoms with Crippen molar-refractivity contribution < 1.29 is 4.79 Å². The van der Waals surface area contributed by atoms with E-state index in [1.165, 1.54) is 0 Å². The van der Waals surface area contributed by atoms with Gasteiger partial charge in [-0.05, 0) is 41.3 Å². The number of hydrogen-bond donors (Lipinski definition) is 1. The molecule has 1 aromatic heterocycles. The minimum Gasteiger partial charge on any atom is -0.366 e. The van der Waals surface area contributed by atoms with Crippen LogP contribution in [0.25, 0.3) is 10.9 Å². The summed E-state index contributed by atoms with van der Waals surface area (Å²) in [5.41, 5.74) is 8.43. The van der Waals surface area contributed by atoms with Crippen LogP contribution in [0.1, 0.15) is 21.5 Å². The first-order chi connectivity index (χ1) is 10.2. The third-order valence-electron chi connectivity index (χ3n) is 3.47. The van der Waals surface area contributed by atoms with E-state index >= 15 is 0 Å². The molecule has 4 nitrogen and oxygen atoms in total. The monoisotopic (exact) mass is 275 g/mol. The van der Waals surface area contributed by atoms with Crippen molar-refractivity contribution in [2.45, 2.75) is 6.54 Å². The molecule has 0 unspecified atom stereocenters. The van der Waals surface area contributed by atoms with Crippen molar-refractivity contribution in [3.63, 3.8) is 0 Å². The van der Waals surface area contributed by atoms with Gasteiger partial charge < -0.3 is 10.3 Å². The number of primary amides is 1. The van der Waals surface area contributed by atoms with Crippen LogP contribution < -0.4 is 5.73 Å². The first-order valence-electron chi connectivity index (χ1n) is 6.55. The maximum atomic E-state index is 11.2. The van der Waals surface area contributed by atoms with Gasteiger partial charge in [0.1, 0.15) is 0 Å². The van der Waals surface area contributed by atoms with Crippen molar-refractivity contribution in [3.8, 4) is 6.07 Å². The Morgan fingerprint density at radius 2 is 2.05 bits per heavy atom. The maximum Gasteiger partial charge on any atom is 0.248 e. The summed E-state index contributed by atoms with van der Waals surface area (Å²) in [7, 11) is 0. The molecule has 0 radical (unpaired) electrons. The lowest BCUT2D eigenvalue weighted by atomic mass is 10.1. The zero-order chi connectivity index (χ0) is 14.8. The highest BCUT2D eigenvalue weighted by molar-refractivity contribution is 5.92. The average molecular weight is 275 g/mol. The summed E-state index contributed by atoms with van der Waals surface area (Å²) in [6, 6.07) is 17.0. The molecule has 0 spiro atoms. The molecule has 0 fully saturated rings. The molecule has 1 amide bonds. The fourth-order valence-electron chi connectivity index (χ4n) is 2.41. The van der Waals surface area contributed by atoms with Crippen LogP contribution in [0.2, 0.25) is 0 Å². The van der Waals surface area contributed by atoms with Gasteiger partial charge in [-0.1, -0.05) is 18.2 Å². The zero-order valence-electron chi connectivity index (χ0n) is 11.3. The molecule has 3 rings (SSSR count). The van der Waals surface area contributed by atoms with Gasteiger partial charge in [-0.25, -0.2) is 0 Å².